The number of ether oxygens (including phenoxy) is 2. The van der Waals surface area contributed by atoms with Gasteiger partial charge in [0.05, 0.1) is 11.6 Å². The molecule has 3 rings (SSSR count). The second-order valence-electron chi connectivity index (χ2n) is 6.45. The molecule has 0 atom stereocenters. The van der Waals surface area contributed by atoms with Crippen molar-refractivity contribution in [2.45, 2.75) is 13.5 Å². The highest BCUT2D eigenvalue weighted by Crippen LogP contribution is 2.37. The molecule has 0 radical (unpaired) electrons. The summed E-state index contributed by atoms with van der Waals surface area (Å²) in [6, 6.07) is 21.3. The van der Waals surface area contributed by atoms with Crippen LogP contribution in [0.25, 0.3) is 6.08 Å². The molecule has 0 saturated carbocycles. The molecule has 0 saturated heterocycles. The van der Waals surface area contributed by atoms with Gasteiger partial charge in [-0.2, -0.15) is 0 Å². The quantitative estimate of drug-likeness (QED) is 0.448. The molecule has 0 unspecified atom stereocenters. The number of benzene rings is 3. The average Bonchev–Trinajstić information content (AvgIpc) is 2.73. The van der Waals surface area contributed by atoms with Gasteiger partial charge in [-0.15, -0.1) is 0 Å². The Kier molecular flexibility index (Phi) is 7.09. The second kappa shape index (κ2) is 9.94. The van der Waals surface area contributed by atoms with Gasteiger partial charge in [0.25, 0.3) is 0 Å². The summed E-state index contributed by atoms with van der Waals surface area (Å²) in [6.07, 6.45) is 3.24. The van der Waals surface area contributed by atoms with Crippen molar-refractivity contribution in [3.05, 3.63) is 94.0 Å². The van der Waals surface area contributed by atoms with Crippen molar-refractivity contribution < 1.29 is 14.3 Å². The minimum Gasteiger partial charge on any atom is -0.493 e. The van der Waals surface area contributed by atoms with E-state index in [-0.39, 0.29) is 5.91 Å². The van der Waals surface area contributed by atoms with Gasteiger partial charge in [-0.3, -0.25) is 4.79 Å². The fraction of sp³-hybridized carbons (Fsp3) is 0.125. The molecule has 1 N–H and O–H groups in total. The lowest BCUT2D eigenvalue weighted by Gasteiger charge is -2.13. The van der Waals surface area contributed by atoms with Crippen LogP contribution in [0.5, 0.6) is 11.5 Å². The molecule has 0 aromatic heterocycles. The van der Waals surface area contributed by atoms with E-state index in [4.69, 9.17) is 9.47 Å². The van der Waals surface area contributed by atoms with Crippen LogP contribution in [0, 0.1) is 6.92 Å². The Labute approximate surface area is 179 Å². The number of hydrogen-bond donors (Lipinski definition) is 1. The Bertz CT molecular complexity index is 1020. The Morgan fingerprint density at radius 3 is 2.52 bits per heavy atom. The van der Waals surface area contributed by atoms with E-state index < -0.39 is 0 Å². The lowest BCUT2D eigenvalue weighted by Crippen LogP contribution is -2.08. The monoisotopic (exact) mass is 451 g/mol. The van der Waals surface area contributed by atoms with Gasteiger partial charge in [-0.1, -0.05) is 48.5 Å². The first-order chi connectivity index (χ1) is 14.1. The number of anilines is 1. The molecule has 4 nitrogen and oxygen atoms in total. The third-order valence-electron chi connectivity index (χ3n) is 4.31. The van der Waals surface area contributed by atoms with E-state index in [0.717, 1.165) is 26.9 Å². The molecule has 0 aliphatic rings. The summed E-state index contributed by atoms with van der Waals surface area (Å²) in [7, 11) is 1.59. The Morgan fingerprint density at radius 1 is 1.07 bits per heavy atom. The minimum atomic E-state index is -0.196. The molecule has 0 spiro atoms. The molecule has 148 valence electrons. The van der Waals surface area contributed by atoms with Crippen molar-refractivity contribution in [2.24, 2.45) is 0 Å². The molecule has 5 heteroatoms. The summed E-state index contributed by atoms with van der Waals surface area (Å²) in [5, 5.41) is 2.88. The number of para-hydroxylation sites is 1. The van der Waals surface area contributed by atoms with Crippen LogP contribution in [0.1, 0.15) is 16.7 Å². The van der Waals surface area contributed by atoms with Gasteiger partial charge in [-0.05, 0) is 63.8 Å². The lowest BCUT2D eigenvalue weighted by molar-refractivity contribution is -0.111. The number of nitrogens with one attached hydrogen (secondary N) is 1. The fourth-order valence-corrected chi connectivity index (χ4v) is 3.34. The first-order valence-electron chi connectivity index (χ1n) is 9.16. The Morgan fingerprint density at radius 2 is 1.79 bits per heavy atom. The van der Waals surface area contributed by atoms with Gasteiger partial charge in [0.2, 0.25) is 5.91 Å². The maximum Gasteiger partial charge on any atom is 0.248 e. The van der Waals surface area contributed by atoms with E-state index in [0.29, 0.717) is 18.1 Å². The standard InChI is InChI=1S/C24H22BrNO3/c1-17-8-6-7-11-21(17)26-23(27)13-12-19-14-20(25)24(22(15-19)28-2)29-16-18-9-4-3-5-10-18/h3-15H,16H2,1-2H3,(H,26,27)/b13-12+. The normalized spacial score (nSPS) is 10.7. The first kappa shape index (κ1) is 20.7. The van der Waals surface area contributed by atoms with Crippen molar-refractivity contribution in [2.75, 3.05) is 12.4 Å². The van der Waals surface area contributed by atoms with Crippen LogP contribution in [-0.4, -0.2) is 13.0 Å². The van der Waals surface area contributed by atoms with Crippen molar-refractivity contribution >= 4 is 33.6 Å². The minimum absolute atomic E-state index is 0.196. The zero-order chi connectivity index (χ0) is 20.6. The van der Waals surface area contributed by atoms with Crippen molar-refractivity contribution in [1.82, 2.24) is 0 Å². The topological polar surface area (TPSA) is 47.6 Å². The SMILES string of the molecule is COc1cc(/C=C/C(=O)Nc2ccccc2C)cc(Br)c1OCc1ccccc1. The van der Waals surface area contributed by atoms with Crippen LogP contribution in [0.2, 0.25) is 0 Å². The molecule has 3 aromatic carbocycles. The number of hydrogen-bond acceptors (Lipinski definition) is 3. The number of amides is 1. The molecule has 3 aromatic rings. The number of carbonyl (C=O) groups excluding carboxylic acids is 1. The molecular weight excluding hydrogens is 430 g/mol. The first-order valence-corrected chi connectivity index (χ1v) is 9.95. The zero-order valence-electron chi connectivity index (χ0n) is 16.3. The highest BCUT2D eigenvalue weighted by atomic mass is 79.9. The maximum absolute atomic E-state index is 12.2. The summed E-state index contributed by atoms with van der Waals surface area (Å²) < 4.78 is 12.2. The van der Waals surface area contributed by atoms with E-state index in [1.807, 2.05) is 73.7 Å². The van der Waals surface area contributed by atoms with E-state index in [1.165, 1.54) is 6.08 Å². The van der Waals surface area contributed by atoms with Crippen LogP contribution < -0.4 is 14.8 Å². The third kappa shape index (κ3) is 5.72. The van der Waals surface area contributed by atoms with Crippen molar-refractivity contribution in [3.8, 4) is 11.5 Å². The van der Waals surface area contributed by atoms with E-state index >= 15 is 0 Å². The zero-order valence-corrected chi connectivity index (χ0v) is 17.9. The van der Waals surface area contributed by atoms with Crippen LogP contribution in [-0.2, 0) is 11.4 Å². The fourth-order valence-electron chi connectivity index (χ4n) is 2.77. The van der Waals surface area contributed by atoms with Gasteiger partial charge < -0.3 is 14.8 Å². The summed E-state index contributed by atoms with van der Waals surface area (Å²) in [6.45, 7) is 2.39. The number of halogens is 1. The number of aryl methyl sites for hydroxylation is 1. The summed E-state index contributed by atoms with van der Waals surface area (Å²) in [5.74, 6) is 1.02. The number of carbonyl (C=O) groups is 1. The van der Waals surface area contributed by atoms with Crippen LogP contribution >= 0.6 is 15.9 Å². The van der Waals surface area contributed by atoms with Gasteiger partial charge in [0.15, 0.2) is 11.5 Å². The Balaban J connectivity index is 1.71. The highest BCUT2D eigenvalue weighted by molar-refractivity contribution is 9.10. The van der Waals surface area contributed by atoms with E-state index in [2.05, 4.69) is 21.2 Å². The predicted molar refractivity (Wildman–Crippen MR) is 120 cm³/mol. The maximum atomic E-state index is 12.2. The predicted octanol–water partition coefficient (Wildman–Crippen LogP) is 6.00. The van der Waals surface area contributed by atoms with Gasteiger partial charge in [0, 0.05) is 11.8 Å². The van der Waals surface area contributed by atoms with Crippen LogP contribution in [0.15, 0.2) is 77.3 Å². The smallest absolute Gasteiger partial charge is 0.248 e. The molecular formula is C24H22BrNO3. The van der Waals surface area contributed by atoms with E-state index in [9.17, 15) is 4.79 Å². The molecule has 0 bridgehead atoms. The second-order valence-corrected chi connectivity index (χ2v) is 7.30. The largest absolute Gasteiger partial charge is 0.493 e. The summed E-state index contributed by atoms with van der Waals surface area (Å²) in [4.78, 5) is 12.2. The Hall–Kier alpha value is -3.05. The number of rotatable bonds is 7. The number of methoxy groups -OCH3 is 1. The molecule has 0 fully saturated rings. The van der Waals surface area contributed by atoms with Crippen LogP contribution in [0.4, 0.5) is 5.69 Å². The third-order valence-corrected chi connectivity index (χ3v) is 4.90. The van der Waals surface area contributed by atoms with Gasteiger partial charge in [0.1, 0.15) is 6.61 Å². The van der Waals surface area contributed by atoms with Crippen molar-refractivity contribution in [1.29, 1.82) is 0 Å². The lowest BCUT2D eigenvalue weighted by atomic mass is 10.1. The van der Waals surface area contributed by atoms with Gasteiger partial charge in [-0.25, -0.2) is 0 Å². The molecule has 1 amide bonds. The average molecular weight is 452 g/mol. The molecule has 29 heavy (non-hydrogen) atoms. The molecule has 0 aliphatic heterocycles. The summed E-state index contributed by atoms with van der Waals surface area (Å²) in [5.41, 5.74) is 3.70. The highest BCUT2D eigenvalue weighted by Gasteiger charge is 2.11. The molecule has 0 aliphatic carbocycles. The van der Waals surface area contributed by atoms with E-state index in [1.54, 1.807) is 13.2 Å². The van der Waals surface area contributed by atoms with Crippen LogP contribution in [0.3, 0.4) is 0 Å². The molecule has 0 heterocycles. The van der Waals surface area contributed by atoms with Gasteiger partial charge >= 0.3 is 0 Å². The summed E-state index contributed by atoms with van der Waals surface area (Å²) >= 11 is 3.54. The van der Waals surface area contributed by atoms with Crippen molar-refractivity contribution in [3.63, 3.8) is 0 Å².